The third-order valence-corrected chi connectivity index (χ3v) is 3.10. The van der Waals surface area contributed by atoms with E-state index in [0.29, 0.717) is 12.6 Å². The van der Waals surface area contributed by atoms with Crippen LogP contribution in [0.1, 0.15) is 24.6 Å². The minimum atomic E-state index is -0.838. The molecular weight excluding hydrogens is 236 g/mol. The molecule has 0 unspecified atom stereocenters. The van der Waals surface area contributed by atoms with Crippen LogP contribution < -0.4 is 5.32 Å². The number of imidazole rings is 1. The van der Waals surface area contributed by atoms with Gasteiger partial charge < -0.3 is 9.88 Å². The van der Waals surface area contributed by atoms with Crippen LogP contribution in [-0.4, -0.2) is 9.55 Å². The lowest BCUT2D eigenvalue weighted by molar-refractivity contribution is 0.510. The predicted octanol–water partition coefficient (Wildman–Crippen LogP) is 3.11. The summed E-state index contributed by atoms with van der Waals surface area (Å²) >= 11 is 0. The number of halogens is 2. The summed E-state index contributed by atoms with van der Waals surface area (Å²) in [6, 6.07) is 4.64. The fourth-order valence-electron chi connectivity index (χ4n) is 1.98. The molecule has 0 spiro atoms. The molecule has 1 N–H and O–H groups in total. The maximum Gasteiger partial charge on any atom is 0.181 e. The van der Waals surface area contributed by atoms with Gasteiger partial charge in [0, 0.05) is 12.2 Å². The van der Waals surface area contributed by atoms with Crippen LogP contribution in [0.5, 0.6) is 0 Å². The van der Waals surface area contributed by atoms with Crippen molar-refractivity contribution in [3.63, 3.8) is 0 Å². The van der Waals surface area contributed by atoms with Gasteiger partial charge in [-0.05, 0) is 25.0 Å². The highest BCUT2D eigenvalue weighted by Crippen LogP contribution is 2.35. The molecule has 1 heterocycles. The van der Waals surface area contributed by atoms with Crippen molar-refractivity contribution in [3.8, 4) is 0 Å². The molecule has 0 atom stereocenters. The first-order valence-electron chi connectivity index (χ1n) is 5.94. The maximum atomic E-state index is 13.4. The zero-order valence-corrected chi connectivity index (χ0v) is 9.74. The van der Waals surface area contributed by atoms with Crippen molar-refractivity contribution in [2.45, 2.75) is 25.4 Å². The zero-order chi connectivity index (χ0) is 12.5. The summed E-state index contributed by atoms with van der Waals surface area (Å²) in [5.41, 5.74) is 1.17. The van der Waals surface area contributed by atoms with E-state index < -0.39 is 11.6 Å². The summed E-state index contributed by atoms with van der Waals surface area (Å²) in [6.45, 7) is 0.441. The van der Waals surface area contributed by atoms with Gasteiger partial charge in [-0.3, -0.25) is 0 Å². The topological polar surface area (TPSA) is 29.9 Å². The molecule has 1 aliphatic rings. The molecule has 1 fully saturated rings. The SMILES string of the molecule is Fc1cccc(NCc2cncn2C2CC2)c1F. The Balaban J connectivity index is 1.74. The minimum Gasteiger partial charge on any atom is -0.377 e. The van der Waals surface area contributed by atoms with Gasteiger partial charge in [0.05, 0.1) is 24.3 Å². The fourth-order valence-corrected chi connectivity index (χ4v) is 1.98. The zero-order valence-electron chi connectivity index (χ0n) is 9.74. The number of hydrogen-bond acceptors (Lipinski definition) is 2. The highest BCUT2D eigenvalue weighted by atomic mass is 19.2. The Bertz CT molecular complexity index is 561. The third-order valence-electron chi connectivity index (χ3n) is 3.10. The molecule has 1 aromatic carbocycles. The van der Waals surface area contributed by atoms with Crippen molar-refractivity contribution < 1.29 is 8.78 Å². The highest BCUT2D eigenvalue weighted by Gasteiger charge is 2.25. The van der Waals surface area contributed by atoms with Gasteiger partial charge in [-0.25, -0.2) is 13.8 Å². The first-order valence-corrected chi connectivity index (χ1v) is 5.94. The quantitative estimate of drug-likeness (QED) is 0.902. The second-order valence-electron chi connectivity index (χ2n) is 4.48. The molecule has 0 amide bonds. The van der Waals surface area contributed by atoms with Crippen molar-refractivity contribution in [1.82, 2.24) is 9.55 Å². The van der Waals surface area contributed by atoms with Crippen molar-refractivity contribution in [3.05, 3.63) is 48.1 Å². The third kappa shape index (κ3) is 2.08. The van der Waals surface area contributed by atoms with Gasteiger partial charge >= 0.3 is 0 Å². The number of hydrogen-bond donors (Lipinski definition) is 1. The summed E-state index contributed by atoms with van der Waals surface area (Å²) in [5, 5.41) is 2.90. The lowest BCUT2D eigenvalue weighted by atomic mass is 10.3. The number of nitrogens with one attached hydrogen (secondary N) is 1. The Morgan fingerprint density at radius 3 is 2.94 bits per heavy atom. The van der Waals surface area contributed by atoms with Crippen LogP contribution in [0.15, 0.2) is 30.7 Å². The Morgan fingerprint density at radius 1 is 1.33 bits per heavy atom. The second-order valence-corrected chi connectivity index (χ2v) is 4.48. The molecule has 3 nitrogen and oxygen atoms in total. The van der Waals surface area contributed by atoms with Crippen LogP contribution in [0.2, 0.25) is 0 Å². The second kappa shape index (κ2) is 4.40. The number of nitrogens with zero attached hydrogens (tertiary/aromatic N) is 2. The smallest absolute Gasteiger partial charge is 0.181 e. The molecule has 3 rings (SSSR count). The first kappa shape index (κ1) is 11.2. The summed E-state index contributed by atoms with van der Waals surface area (Å²) in [7, 11) is 0. The van der Waals surface area contributed by atoms with Crippen LogP contribution in [-0.2, 0) is 6.54 Å². The molecule has 0 saturated heterocycles. The molecule has 1 aromatic heterocycles. The van der Waals surface area contributed by atoms with Crippen molar-refractivity contribution in [2.75, 3.05) is 5.32 Å². The van der Waals surface area contributed by atoms with Crippen LogP contribution in [0.25, 0.3) is 0 Å². The van der Waals surface area contributed by atoms with E-state index in [-0.39, 0.29) is 5.69 Å². The first-order chi connectivity index (χ1) is 8.75. The molecule has 0 bridgehead atoms. The molecule has 0 aliphatic heterocycles. The summed E-state index contributed by atoms with van der Waals surface area (Å²) < 4.78 is 28.6. The van der Waals surface area contributed by atoms with Crippen LogP contribution in [0, 0.1) is 11.6 Å². The molecule has 1 aliphatic carbocycles. The summed E-state index contributed by atoms with van der Waals surface area (Å²) in [6.07, 6.45) is 5.87. The van der Waals surface area contributed by atoms with E-state index in [1.54, 1.807) is 12.5 Å². The lowest BCUT2D eigenvalue weighted by Crippen LogP contribution is -2.07. The van der Waals surface area contributed by atoms with Crippen molar-refractivity contribution in [2.24, 2.45) is 0 Å². The normalized spacial score (nSPS) is 14.8. The van der Waals surface area contributed by atoms with Crippen LogP contribution >= 0.6 is 0 Å². The average Bonchev–Trinajstić information content (AvgIpc) is 3.11. The number of rotatable bonds is 4. The maximum absolute atomic E-state index is 13.4. The molecule has 5 heteroatoms. The van der Waals surface area contributed by atoms with Crippen LogP contribution in [0.4, 0.5) is 14.5 Å². The molecule has 1 saturated carbocycles. The van der Waals surface area contributed by atoms with E-state index in [9.17, 15) is 8.78 Å². The average molecular weight is 249 g/mol. The van der Waals surface area contributed by atoms with Gasteiger partial charge in [0.25, 0.3) is 0 Å². The van der Waals surface area contributed by atoms with Crippen molar-refractivity contribution >= 4 is 5.69 Å². The van der Waals surface area contributed by atoms with Crippen molar-refractivity contribution in [1.29, 1.82) is 0 Å². The minimum absolute atomic E-state index is 0.179. The molecule has 0 radical (unpaired) electrons. The summed E-state index contributed by atoms with van der Waals surface area (Å²) in [5.74, 6) is -1.68. The van der Waals surface area contributed by atoms with Gasteiger partial charge in [0.2, 0.25) is 0 Å². The highest BCUT2D eigenvalue weighted by molar-refractivity contribution is 5.45. The Labute approximate surface area is 103 Å². The van der Waals surface area contributed by atoms with Gasteiger partial charge in [-0.1, -0.05) is 6.07 Å². The molecule has 94 valence electrons. The Kier molecular flexibility index (Phi) is 2.74. The van der Waals surface area contributed by atoms with E-state index in [4.69, 9.17) is 0 Å². The molecule has 18 heavy (non-hydrogen) atoms. The van der Waals surface area contributed by atoms with Gasteiger partial charge in [0.1, 0.15) is 0 Å². The number of aromatic nitrogens is 2. The Morgan fingerprint density at radius 2 is 2.17 bits per heavy atom. The lowest BCUT2D eigenvalue weighted by Gasteiger charge is -2.10. The van der Waals surface area contributed by atoms with E-state index >= 15 is 0 Å². The largest absolute Gasteiger partial charge is 0.377 e. The van der Waals surface area contributed by atoms with Gasteiger partial charge in [-0.15, -0.1) is 0 Å². The monoisotopic (exact) mass is 249 g/mol. The van der Waals surface area contributed by atoms with Gasteiger partial charge in [0.15, 0.2) is 11.6 Å². The Hall–Kier alpha value is -1.91. The van der Waals surface area contributed by atoms with Gasteiger partial charge in [-0.2, -0.15) is 0 Å². The van der Waals surface area contributed by atoms with Crippen LogP contribution in [0.3, 0.4) is 0 Å². The number of benzene rings is 1. The predicted molar refractivity (Wildman–Crippen MR) is 64.2 cm³/mol. The standard InChI is InChI=1S/C13H13F2N3/c14-11-2-1-3-12(13(11)15)17-7-10-6-16-8-18(10)9-4-5-9/h1-3,6,8-9,17H,4-5,7H2. The fraction of sp³-hybridized carbons (Fsp3) is 0.308. The molecule has 2 aromatic rings. The summed E-state index contributed by atoms with van der Waals surface area (Å²) in [4.78, 5) is 4.09. The van der Waals surface area contributed by atoms with E-state index in [2.05, 4.69) is 14.9 Å². The molecular formula is C13H13F2N3. The van der Waals surface area contributed by atoms with E-state index in [1.807, 2.05) is 0 Å². The van der Waals surface area contributed by atoms with E-state index in [1.165, 1.54) is 12.1 Å². The number of anilines is 1. The van der Waals surface area contributed by atoms with E-state index in [0.717, 1.165) is 24.6 Å².